The molecule has 21 heavy (non-hydrogen) atoms. The lowest BCUT2D eigenvalue weighted by Gasteiger charge is -2.17. The van der Waals surface area contributed by atoms with Gasteiger partial charge >= 0.3 is 0 Å². The van der Waals surface area contributed by atoms with Gasteiger partial charge in [-0.1, -0.05) is 36.5 Å². The highest BCUT2D eigenvalue weighted by Crippen LogP contribution is 2.26. The monoisotopic (exact) mass is 335 g/mol. The van der Waals surface area contributed by atoms with Gasteiger partial charge in [-0.25, -0.2) is 0 Å². The summed E-state index contributed by atoms with van der Waals surface area (Å²) in [5.74, 6) is 1.01. The van der Waals surface area contributed by atoms with Crippen molar-refractivity contribution < 1.29 is 14.9 Å². The van der Waals surface area contributed by atoms with Crippen LogP contribution < -0.4 is 10.1 Å². The molecule has 0 saturated carbocycles. The average molecular weight is 336 g/mol. The van der Waals surface area contributed by atoms with Gasteiger partial charge in [0, 0.05) is 19.2 Å². The number of hydrogen-bond acceptors (Lipinski definition) is 4. The third-order valence-electron chi connectivity index (χ3n) is 3.26. The molecule has 4 nitrogen and oxygen atoms in total. The van der Waals surface area contributed by atoms with E-state index >= 15 is 0 Å². The Labute approximate surface area is 136 Å². The maximum atomic E-state index is 9.85. The number of hydrogen-bond donors (Lipinski definition) is 3. The predicted molar refractivity (Wildman–Crippen MR) is 86.3 cm³/mol. The van der Waals surface area contributed by atoms with Crippen LogP contribution in [0.1, 0.15) is 19.8 Å². The molecular weight excluding hydrogens is 313 g/mol. The van der Waals surface area contributed by atoms with E-state index in [-0.39, 0.29) is 13.2 Å². The zero-order valence-electron chi connectivity index (χ0n) is 12.2. The van der Waals surface area contributed by atoms with Crippen LogP contribution in [-0.2, 0) is 0 Å². The van der Waals surface area contributed by atoms with Crippen LogP contribution in [0.2, 0.25) is 10.0 Å². The van der Waals surface area contributed by atoms with Crippen molar-refractivity contribution in [3.63, 3.8) is 0 Å². The summed E-state index contributed by atoms with van der Waals surface area (Å²) in [6, 6.07) is 4.99. The lowest BCUT2D eigenvalue weighted by Crippen LogP contribution is -2.34. The molecule has 2 atom stereocenters. The first-order valence-corrected chi connectivity index (χ1v) is 7.89. The van der Waals surface area contributed by atoms with Crippen molar-refractivity contribution in [1.82, 2.24) is 5.32 Å². The quantitative estimate of drug-likeness (QED) is 0.615. The minimum Gasteiger partial charge on any atom is -0.491 e. The van der Waals surface area contributed by atoms with E-state index in [2.05, 4.69) is 12.2 Å². The maximum Gasteiger partial charge on any atom is 0.121 e. The summed E-state index contributed by atoms with van der Waals surface area (Å²) in [5, 5.41) is 22.9. The van der Waals surface area contributed by atoms with Crippen LogP contribution in [0.25, 0.3) is 0 Å². The highest BCUT2D eigenvalue weighted by atomic mass is 35.5. The Hall–Kier alpha value is -0.520. The molecule has 0 bridgehead atoms. The molecule has 0 amide bonds. The summed E-state index contributed by atoms with van der Waals surface area (Å²) >= 11 is 11.7. The van der Waals surface area contributed by atoms with Gasteiger partial charge in [0.2, 0.25) is 0 Å². The first-order chi connectivity index (χ1) is 10.1. The molecule has 1 rings (SSSR count). The van der Waals surface area contributed by atoms with E-state index in [1.807, 2.05) is 0 Å². The minimum absolute atomic E-state index is 0.182. The van der Waals surface area contributed by atoms with Crippen LogP contribution in [0.5, 0.6) is 5.75 Å². The standard InChI is InChI=1S/C15H23Cl2NO3/c1-2-11(5-6-19)8-18-9-12(20)10-21-13-3-4-14(16)15(17)7-13/h3-4,7,11-12,18-20H,2,5-6,8-10H2,1H3. The Balaban J connectivity index is 2.24. The second kappa shape index (κ2) is 10.2. The van der Waals surface area contributed by atoms with Gasteiger partial charge in [-0.15, -0.1) is 0 Å². The van der Waals surface area contributed by atoms with Crippen molar-refractivity contribution >= 4 is 23.2 Å². The molecule has 0 aromatic heterocycles. The van der Waals surface area contributed by atoms with Crippen molar-refractivity contribution in [2.75, 3.05) is 26.3 Å². The first kappa shape index (κ1) is 18.5. The molecule has 0 fully saturated rings. The van der Waals surface area contributed by atoms with Crippen molar-refractivity contribution in [2.45, 2.75) is 25.9 Å². The lowest BCUT2D eigenvalue weighted by atomic mass is 10.0. The molecule has 3 N–H and O–H groups in total. The molecule has 120 valence electrons. The second-order valence-corrected chi connectivity index (χ2v) is 5.80. The van der Waals surface area contributed by atoms with Gasteiger partial charge in [-0.05, 0) is 31.0 Å². The molecule has 6 heteroatoms. The molecule has 1 aromatic rings. The molecule has 0 aliphatic heterocycles. The van der Waals surface area contributed by atoms with E-state index in [4.69, 9.17) is 33.0 Å². The molecule has 1 aromatic carbocycles. The van der Waals surface area contributed by atoms with Crippen LogP contribution in [-0.4, -0.2) is 42.6 Å². The predicted octanol–water partition coefficient (Wildman–Crippen LogP) is 2.73. The fraction of sp³-hybridized carbons (Fsp3) is 0.600. The third kappa shape index (κ3) is 7.34. The van der Waals surface area contributed by atoms with Crippen LogP contribution in [0, 0.1) is 5.92 Å². The highest BCUT2D eigenvalue weighted by Gasteiger charge is 2.09. The normalized spacial score (nSPS) is 14.0. The SMILES string of the molecule is CCC(CCO)CNCC(O)COc1ccc(Cl)c(Cl)c1. The fourth-order valence-corrected chi connectivity index (χ4v) is 2.19. The largest absolute Gasteiger partial charge is 0.491 e. The average Bonchev–Trinajstić information content (AvgIpc) is 2.47. The molecular formula is C15H23Cl2NO3. The molecule has 0 radical (unpaired) electrons. The summed E-state index contributed by atoms with van der Waals surface area (Å²) in [5.41, 5.74) is 0. The van der Waals surface area contributed by atoms with Gasteiger partial charge in [0.15, 0.2) is 0 Å². The number of halogens is 2. The zero-order chi connectivity index (χ0) is 15.7. The first-order valence-electron chi connectivity index (χ1n) is 7.14. The van der Waals surface area contributed by atoms with Crippen LogP contribution >= 0.6 is 23.2 Å². The van der Waals surface area contributed by atoms with Crippen molar-refractivity contribution in [1.29, 1.82) is 0 Å². The third-order valence-corrected chi connectivity index (χ3v) is 4.00. The molecule has 0 heterocycles. The number of benzene rings is 1. The van der Waals surface area contributed by atoms with Crippen molar-refractivity contribution in [2.24, 2.45) is 5.92 Å². The number of aliphatic hydroxyl groups is 2. The Bertz CT molecular complexity index is 418. The van der Waals surface area contributed by atoms with Crippen molar-refractivity contribution in [3.05, 3.63) is 28.2 Å². The maximum absolute atomic E-state index is 9.85. The number of ether oxygens (including phenoxy) is 1. The molecule has 2 unspecified atom stereocenters. The van der Waals surface area contributed by atoms with Gasteiger partial charge in [0.05, 0.1) is 10.0 Å². The number of rotatable bonds is 10. The zero-order valence-corrected chi connectivity index (χ0v) is 13.7. The summed E-state index contributed by atoms with van der Waals surface area (Å²) < 4.78 is 5.46. The summed E-state index contributed by atoms with van der Waals surface area (Å²) in [7, 11) is 0. The van der Waals surface area contributed by atoms with E-state index in [1.54, 1.807) is 18.2 Å². The van der Waals surface area contributed by atoms with Crippen molar-refractivity contribution in [3.8, 4) is 5.75 Å². The minimum atomic E-state index is -0.605. The van der Waals surface area contributed by atoms with Crippen LogP contribution in [0.4, 0.5) is 0 Å². The second-order valence-electron chi connectivity index (χ2n) is 4.99. The molecule has 0 aliphatic carbocycles. The van der Waals surface area contributed by atoms with E-state index < -0.39 is 6.10 Å². The van der Waals surface area contributed by atoms with E-state index in [0.717, 1.165) is 19.4 Å². The molecule has 0 spiro atoms. The van der Waals surface area contributed by atoms with Crippen LogP contribution in [0.3, 0.4) is 0 Å². The summed E-state index contributed by atoms with van der Waals surface area (Å²) in [6.07, 6.45) is 1.18. The fourth-order valence-electron chi connectivity index (χ4n) is 1.91. The van der Waals surface area contributed by atoms with Gasteiger partial charge < -0.3 is 20.3 Å². The molecule has 0 aliphatic rings. The van der Waals surface area contributed by atoms with Gasteiger partial charge in [-0.3, -0.25) is 0 Å². The smallest absolute Gasteiger partial charge is 0.121 e. The Morgan fingerprint density at radius 2 is 2.00 bits per heavy atom. The lowest BCUT2D eigenvalue weighted by molar-refractivity contribution is 0.105. The Morgan fingerprint density at radius 1 is 1.24 bits per heavy atom. The Kier molecular flexibility index (Phi) is 9.04. The van der Waals surface area contributed by atoms with Crippen LogP contribution in [0.15, 0.2) is 18.2 Å². The number of aliphatic hydroxyl groups excluding tert-OH is 2. The van der Waals surface area contributed by atoms with Gasteiger partial charge in [-0.2, -0.15) is 0 Å². The molecule has 0 saturated heterocycles. The van der Waals surface area contributed by atoms with E-state index in [9.17, 15) is 5.11 Å². The Morgan fingerprint density at radius 3 is 2.62 bits per heavy atom. The van der Waals surface area contributed by atoms with Gasteiger partial charge in [0.1, 0.15) is 18.5 Å². The van der Waals surface area contributed by atoms with Gasteiger partial charge in [0.25, 0.3) is 0 Å². The summed E-state index contributed by atoms with van der Waals surface area (Å²) in [6.45, 7) is 3.70. The number of nitrogens with one attached hydrogen (secondary N) is 1. The topological polar surface area (TPSA) is 61.7 Å². The van der Waals surface area contributed by atoms with E-state index in [1.165, 1.54) is 0 Å². The highest BCUT2D eigenvalue weighted by molar-refractivity contribution is 6.42. The summed E-state index contributed by atoms with van der Waals surface area (Å²) in [4.78, 5) is 0. The van der Waals surface area contributed by atoms with E-state index in [0.29, 0.717) is 28.3 Å².